The van der Waals surface area contributed by atoms with Crippen molar-refractivity contribution >= 4 is 102 Å². The molecule has 6 heterocycles. The van der Waals surface area contributed by atoms with Gasteiger partial charge in [0.05, 0.1) is 84.1 Å². The van der Waals surface area contributed by atoms with Crippen LogP contribution in [0.5, 0.6) is 0 Å². The SMILES string of the molecule is O=C(C(C(C(=O)N1CCOCC1)[C@@H]1CSC(c2cc3cc(Cl)cc(NC4CCCC4)c3[nH]2)=N1)[C@@H]1CSC(c2cc3cc(Cl)cc(NC4CCCC4)c3[nH]2)=N1)N1CCOCC1. The molecule has 16 heteroatoms. The molecule has 0 spiro atoms. The number of H-pyrrole nitrogens is 2. The van der Waals surface area contributed by atoms with E-state index in [4.69, 9.17) is 42.7 Å². The van der Waals surface area contributed by atoms with Crippen LogP contribution in [0.2, 0.25) is 10.0 Å². The van der Waals surface area contributed by atoms with Crippen LogP contribution in [0.3, 0.4) is 0 Å². The highest BCUT2D eigenvalue weighted by atomic mass is 35.5. The third-order valence-corrected chi connectivity index (χ3v) is 15.7. The zero-order valence-electron chi connectivity index (χ0n) is 33.7. The summed E-state index contributed by atoms with van der Waals surface area (Å²) in [7, 11) is 0. The number of ether oxygens (including phenoxy) is 2. The number of rotatable bonds is 11. The van der Waals surface area contributed by atoms with Crippen molar-refractivity contribution in [2.75, 3.05) is 74.7 Å². The number of hydrogen-bond donors (Lipinski definition) is 4. The molecule has 10 rings (SSSR count). The molecule has 12 nitrogen and oxygen atoms in total. The number of benzene rings is 2. The van der Waals surface area contributed by atoms with Crippen LogP contribution in [0.1, 0.15) is 62.8 Å². The fourth-order valence-electron chi connectivity index (χ4n) is 10.00. The number of amides is 2. The fraction of sp³-hybridized carbons (Fsp3) is 0.545. The molecule has 318 valence electrons. The summed E-state index contributed by atoms with van der Waals surface area (Å²) in [5, 5.41) is 12.5. The molecule has 2 amide bonds. The molecular weight excluding hydrogens is 840 g/mol. The number of carbonyl (C=O) groups excluding carboxylic acids is 2. The van der Waals surface area contributed by atoms with Crippen LogP contribution in [0, 0.1) is 11.8 Å². The minimum atomic E-state index is -0.723. The molecular formula is C44H52Cl2N8O4S2. The Hall–Kier alpha value is -3.40. The van der Waals surface area contributed by atoms with E-state index in [0.29, 0.717) is 86.2 Å². The molecule has 4 aromatic rings. The van der Waals surface area contributed by atoms with Crippen molar-refractivity contribution in [3.05, 3.63) is 57.8 Å². The molecule has 4 N–H and O–H groups in total. The number of morpholine rings is 2. The summed E-state index contributed by atoms with van der Waals surface area (Å²) in [5.74, 6) is -0.407. The molecule has 2 saturated heterocycles. The van der Waals surface area contributed by atoms with Gasteiger partial charge in [-0.1, -0.05) is 48.9 Å². The molecule has 4 atom stereocenters. The van der Waals surface area contributed by atoms with E-state index < -0.39 is 23.9 Å². The third kappa shape index (κ3) is 8.41. The highest BCUT2D eigenvalue weighted by Crippen LogP contribution is 2.41. The molecule has 2 unspecified atom stereocenters. The first-order valence-corrected chi connectivity index (χ1v) is 24.4. The summed E-state index contributed by atoms with van der Waals surface area (Å²) in [4.78, 5) is 51.9. The number of nitrogens with one attached hydrogen (secondary N) is 4. The van der Waals surface area contributed by atoms with Crippen LogP contribution in [-0.2, 0) is 19.1 Å². The van der Waals surface area contributed by atoms with E-state index in [-0.39, 0.29) is 11.8 Å². The molecule has 2 aromatic carbocycles. The Labute approximate surface area is 368 Å². The van der Waals surface area contributed by atoms with E-state index in [1.54, 1.807) is 23.5 Å². The van der Waals surface area contributed by atoms with Gasteiger partial charge in [0.15, 0.2) is 0 Å². The van der Waals surface area contributed by atoms with Crippen molar-refractivity contribution in [2.24, 2.45) is 21.8 Å². The Morgan fingerprint density at radius 3 is 1.43 bits per heavy atom. The van der Waals surface area contributed by atoms with E-state index in [1.165, 1.54) is 25.7 Å². The van der Waals surface area contributed by atoms with Gasteiger partial charge in [0.25, 0.3) is 0 Å². The Morgan fingerprint density at radius 1 is 0.633 bits per heavy atom. The maximum absolute atomic E-state index is 15.1. The number of halogens is 2. The zero-order chi connectivity index (χ0) is 40.7. The highest BCUT2D eigenvalue weighted by molar-refractivity contribution is 8.15. The number of hydrogen-bond acceptors (Lipinski definition) is 10. The number of aromatic amines is 2. The Bertz CT molecular complexity index is 2150. The lowest BCUT2D eigenvalue weighted by molar-refractivity contribution is -0.151. The minimum absolute atomic E-state index is 0.0523. The summed E-state index contributed by atoms with van der Waals surface area (Å²) in [5.41, 5.74) is 5.78. The average molecular weight is 892 g/mol. The fourth-order valence-corrected chi connectivity index (χ4v) is 12.6. The molecule has 2 saturated carbocycles. The summed E-state index contributed by atoms with van der Waals surface area (Å²) in [6.45, 7) is 3.78. The molecule has 6 aliphatic rings. The van der Waals surface area contributed by atoms with Gasteiger partial charge >= 0.3 is 0 Å². The van der Waals surface area contributed by atoms with E-state index in [9.17, 15) is 0 Å². The Kier molecular flexibility index (Phi) is 12.0. The molecule has 2 aliphatic carbocycles. The molecule has 0 radical (unpaired) electrons. The lowest BCUT2D eigenvalue weighted by Gasteiger charge is -2.39. The second-order valence-corrected chi connectivity index (χ2v) is 19.9. The van der Waals surface area contributed by atoms with Crippen molar-refractivity contribution in [3.8, 4) is 0 Å². The van der Waals surface area contributed by atoms with E-state index >= 15 is 9.59 Å². The number of thioether (sulfide) groups is 2. The van der Waals surface area contributed by atoms with Crippen molar-refractivity contribution < 1.29 is 19.1 Å². The number of anilines is 2. The zero-order valence-corrected chi connectivity index (χ0v) is 36.8. The summed E-state index contributed by atoms with van der Waals surface area (Å²) in [6, 6.07) is 12.2. The first kappa shape index (κ1) is 40.7. The van der Waals surface area contributed by atoms with Crippen LogP contribution in [-0.4, -0.2) is 130 Å². The van der Waals surface area contributed by atoms with Gasteiger partial charge in [0.2, 0.25) is 11.8 Å². The van der Waals surface area contributed by atoms with Crippen LogP contribution < -0.4 is 10.6 Å². The molecule has 4 aliphatic heterocycles. The van der Waals surface area contributed by atoms with Gasteiger partial charge in [-0.15, -0.1) is 23.5 Å². The topological polar surface area (TPSA) is 139 Å². The normalized spacial score (nSPS) is 24.0. The van der Waals surface area contributed by atoms with Gasteiger partial charge in [0, 0.05) is 70.6 Å². The van der Waals surface area contributed by atoms with Crippen LogP contribution in [0.4, 0.5) is 11.4 Å². The average Bonchev–Trinajstić information content (AvgIpc) is 4.12. The van der Waals surface area contributed by atoms with Crippen molar-refractivity contribution in [3.63, 3.8) is 0 Å². The molecule has 60 heavy (non-hydrogen) atoms. The van der Waals surface area contributed by atoms with E-state index in [0.717, 1.165) is 80.3 Å². The monoisotopic (exact) mass is 890 g/mol. The summed E-state index contributed by atoms with van der Waals surface area (Å²) in [6.07, 6.45) is 9.52. The van der Waals surface area contributed by atoms with Gasteiger partial charge in [-0.2, -0.15) is 0 Å². The van der Waals surface area contributed by atoms with E-state index in [2.05, 4.69) is 32.7 Å². The van der Waals surface area contributed by atoms with Gasteiger partial charge in [-0.3, -0.25) is 19.6 Å². The predicted molar refractivity (Wildman–Crippen MR) is 246 cm³/mol. The van der Waals surface area contributed by atoms with Crippen molar-refractivity contribution in [1.82, 2.24) is 19.8 Å². The van der Waals surface area contributed by atoms with Crippen molar-refractivity contribution in [2.45, 2.75) is 75.5 Å². The largest absolute Gasteiger partial charge is 0.381 e. The maximum Gasteiger partial charge on any atom is 0.228 e. The van der Waals surface area contributed by atoms with Gasteiger partial charge in [-0.25, -0.2) is 0 Å². The van der Waals surface area contributed by atoms with E-state index in [1.807, 2.05) is 34.1 Å². The van der Waals surface area contributed by atoms with Crippen LogP contribution in [0.25, 0.3) is 21.8 Å². The smallest absolute Gasteiger partial charge is 0.228 e. The minimum Gasteiger partial charge on any atom is -0.381 e. The second kappa shape index (κ2) is 17.8. The predicted octanol–water partition coefficient (Wildman–Crippen LogP) is 8.04. The number of fused-ring (bicyclic) bond motifs is 2. The molecule has 2 aromatic heterocycles. The maximum atomic E-state index is 15.1. The lowest BCUT2D eigenvalue weighted by atomic mass is 9.79. The number of aliphatic imine (C=N–C) groups is 2. The quantitative estimate of drug-likeness (QED) is 0.119. The first-order valence-electron chi connectivity index (χ1n) is 21.7. The van der Waals surface area contributed by atoms with Crippen LogP contribution >= 0.6 is 46.7 Å². The third-order valence-electron chi connectivity index (χ3n) is 13.1. The molecule has 4 fully saturated rings. The van der Waals surface area contributed by atoms with Gasteiger partial charge in [-0.05, 0) is 62.1 Å². The molecule has 0 bridgehead atoms. The number of carbonyl (C=O) groups is 2. The van der Waals surface area contributed by atoms with Gasteiger partial charge in [0.1, 0.15) is 10.1 Å². The highest BCUT2D eigenvalue weighted by Gasteiger charge is 2.49. The van der Waals surface area contributed by atoms with Crippen LogP contribution in [0.15, 0.2) is 46.4 Å². The number of aromatic nitrogens is 2. The Morgan fingerprint density at radius 2 is 1.03 bits per heavy atom. The lowest BCUT2D eigenvalue weighted by Crippen LogP contribution is -2.55. The summed E-state index contributed by atoms with van der Waals surface area (Å²) >= 11 is 16.6. The van der Waals surface area contributed by atoms with Crippen molar-refractivity contribution in [1.29, 1.82) is 0 Å². The summed E-state index contributed by atoms with van der Waals surface area (Å²) < 4.78 is 11.4. The Balaban J connectivity index is 1.00. The second-order valence-electron chi connectivity index (χ2n) is 17.0. The standard InChI is InChI=1S/C44H52Cl2N8O4S2/c45-27-17-25-19-33(49-39(25)31(21-27)47-29-5-1-2-6-29)41-51-35(23-59-41)37(43(55)53-9-13-57-14-10-53)38(44(56)54-11-15-58-16-12-54)36-24-60-42(52-36)34-20-26-18-28(46)22-32(40(26)50-34)48-30-7-3-4-8-30/h17-22,29-30,35-38,47-50H,1-16,23-24H2/t35-,36-,37?,38?/m0/s1. The van der Waals surface area contributed by atoms with Gasteiger partial charge < -0.3 is 39.9 Å². The first-order chi connectivity index (χ1) is 29.3. The number of nitrogens with zero attached hydrogens (tertiary/aromatic N) is 4.